The number of tetrazole rings is 1. The van der Waals surface area contributed by atoms with Gasteiger partial charge in [0.1, 0.15) is 22.7 Å². The minimum atomic E-state index is -1.07. The van der Waals surface area contributed by atoms with Crippen molar-refractivity contribution < 1.29 is 14.3 Å². The van der Waals surface area contributed by atoms with Crippen LogP contribution in [0.2, 0.25) is 0 Å². The number of nitrogens with zero attached hydrogens (tertiary/aromatic N) is 6. The normalized spacial score (nSPS) is 17.3. The number of carbonyl (C=O) groups is 1. The van der Waals surface area contributed by atoms with Crippen LogP contribution in [0.15, 0.2) is 35.0 Å². The van der Waals surface area contributed by atoms with Crippen LogP contribution in [0.25, 0.3) is 5.69 Å². The van der Waals surface area contributed by atoms with Gasteiger partial charge in [-0.25, -0.2) is 4.98 Å². The maximum absolute atomic E-state index is 13.5. The molecule has 3 heterocycles. The van der Waals surface area contributed by atoms with Crippen molar-refractivity contribution in [1.29, 1.82) is 0 Å². The fourth-order valence-electron chi connectivity index (χ4n) is 4.05. The predicted molar refractivity (Wildman–Crippen MR) is 108 cm³/mol. The topological polar surface area (TPSA) is 110 Å². The first-order valence-electron chi connectivity index (χ1n) is 10.2. The fraction of sp³-hybridized carbons (Fsp3) is 0.476. The van der Waals surface area contributed by atoms with Crippen LogP contribution in [0.1, 0.15) is 60.8 Å². The van der Waals surface area contributed by atoms with Crippen LogP contribution in [0.3, 0.4) is 0 Å². The van der Waals surface area contributed by atoms with Gasteiger partial charge in [0.2, 0.25) is 0 Å². The second-order valence-corrected chi connectivity index (χ2v) is 8.17. The number of rotatable bonds is 5. The monoisotopic (exact) mass is 410 g/mol. The van der Waals surface area contributed by atoms with Crippen molar-refractivity contribution in [2.24, 2.45) is 0 Å². The number of amides is 1. The Kier molecular flexibility index (Phi) is 5.38. The summed E-state index contributed by atoms with van der Waals surface area (Å²) >= 11 is 0. The number of oxazole rings is 1. The quantitative estimate of drug-likeness (QED) is 0.688. The van der Waals surface area contributed by atoms with Gasteiger partial charge in [0.25, 0.3) is 5.91 Å². The van der Waals surface area contributed by atoms with E-state index in [1.54, 1.807) is 32.9 Å². The molecule has 1 aliphatic rings. The summed E-state index contributed by atoms with van der Waals surface area (Å²) in [5.74, 6) is 1.08. The molecular formula is C21H26N6O3. The van der Waals surface area contributed by atoms with Gasteiger partial charge in [0, 0.05) is 19.0 Å². The lowest BCUT2D eigenvalue weighted by atomic mass is 9.97. The molecule has 1 atom stereocenters. The lowest BCUT2D eigenvalue weighted by Gasteiger charge is -2.35. The summed E-state index contributed by atoms with van der Waals surface area (Å²) in [6.07, 6.45) is 4.71. The Hall–Kier alpha value is -3.07. The van der Waals surface area contributed by atoms with E-state index in [9.17, 15) is 9.90 Å². The van der Waals surface area contributed by atoms with Crippen molar-refractivity contribution in [3.63, 3.8) is 0 Å². The molecule has 0 spiro atoms. The van der Waals surface area contributed by atoms with E-state index in [0.717, 1.165) is 19.3 Å². The molecule has 1 fully saturated rings. The van der Waals surface area contributed by atoms with Gasteiger partial charge >= 0.3 is 0 Å². The van der Waals surface area contributed by atoms with E-state index in [0.29, 0.717) is 41.6 Å². The second kappa shape index (κ2) is 7.98. The molecular weight excluding hydrogens is 384 g/mol. The highest BCUT2D eigenvalue weighted by Gasteiger charge is 2.32. The Labute approximate surface area is 174 Å². The lowest BCUT2D eigenvalue weighted by molar-refractivity contribution is 0.0603. The van der Waals surface area contributed by atoms with Gasteiger partial charge in [0.05, 0.1) is 5.56 Å². The molecule has 1 amide bonds. The Morgan fingerprint density at radius 3 is 2.80 bits per heavy atom. The Morgan fingerprint density at radius 2 is 2.10 bits per heavy atom. The number of para-hydroxylation sites is 1. The van der Waals surface area contributed by atoms with Crippen LogP contribution in [0.4, 0.5) is 0 Å². The van der Waals surface area contributed by atoms with Gasteiger partial charge in [-0.1, -0.05) is 12.1 Å². The van der Waals surface area contributed by atoms with E-state index >= 15 is 0 Å². The number of aromatic nitrogens is 5. The number of aryl methyl sites for hydroxylation is 1. The highest BCUT2D eigenvalue weighted by atomic mass is 16.4. The summed E-state index contributed by atoms with van der Waals surface area (Å²) < 4.78 is 5.82. The maximum Gasteiger partial charge on any atom is 0.256 e. The fourth-order valence-corrected chi connectivity index (χ4v) is 4.05. The van der Waals surface area contributed by atoms with Crippen LogP contribution >= 0.6 is 0 Å². The predicted octanol–water partition coefficient (Wildman–Crippen LogP) is 2.42. The number of hydrogen-bond acceptors (Lipinski definition) is 7. The van der Waals surface area contributed by atoms with Gasteiger partial charge < -0.3 is 14.4 Å². The number of likely N-dealkylation sites (tertiary alicyclic amines) is 1. The number of piperidine rings is 1. The molecule has 3 aromatic rings. The van der Waals surface area contributed by atoms with E-state index in [2.05, 4.69) is 20.4 Å². The first-order chi connectivity index (χ1) is 14.3. The molecule has 0 unspecified atom stereocenters. The van der Waals surface area contributed by atoms with Crippen molar-refractivity contribution in [2.75, 3.05) is 6.54 Å². The van der Waals surface area contributed by atoms with Crippen molar-refractivity contribution in [3.8, 4) is 5.69 Å². The van der Waals surface area contributed by atoms with Gasteiger partial charge in [-0.15, -0.1) is 15.0 Å². The molecule has 30 heavy (non-hydrogen) atoms. The maximum atomic E-state index is 13.5. The van der Waals surface area contributed by atoms with Gasteiger partial charge in [0.15, 0.2) is 12.2 Å². The zero-order valence-corrected chi connectivity index (χ0v) is 17.4. The van der Waals surface area contributed by atoms with E-state index < -0.39 is 5.60 Å². The summed E-state index contributed by atoms with van der Waals surface area (Å²) in [4.78, 5) is 21.3. The molecule has 2 aromatic heterocycles. The third kappa shape index (κ3) is 3.97. The Bertz CT molecular complexity index is 1020. The molecule has 0 aliphatic carbocycles. The third-order valence-corrected chi connectivity index (χ3v) is 5.42. The van der Waals surface area contributed by atoms with Crippen molar-refractivity contribution in [3.05, 3.63) is 53.5 Å². The largest absolute Gasteiger partial charge is 0.446 e. The van der Waals surface area contributed by atoms with Crippen LogP contribution < -0.4 is 0 Å². The average Bonchev–Trinajstić information content (AvgIpc) is 3.37. The van der Waals surface area contributed by atoms with Crippen molar-refractivity contribution >= 4 is 5.91 Å². The minimum Gasteiger partial charge on any atom is -0.446 e. The first-order valence-corrected chi connectivity index (χ1v) is 10.2. The molecule has 4 rings (SSSR count). The standard InChI is InChI=1S/C21H26N6O3/c1-14-19(21(2,3)29)24-18(30-14)12-15-8-6-7-11-26(15)20(28)16-9-4-5-10-17(16)27-23-13-22-25-27/h4-5,9-10,13,15,29H,6-8,11-12H2,1-3H3/t15-/m1/s1. The summed E-state index contributed by atoms with van der Waals surface area (Å²) in [5.41, 5.74) is 0.593. The molecule has 158 valence electrons. The number of benzene rings is 1. The van der Waals surface area contributed by atoms with E-state index in [-0.39, 0.29) is 11.9 Å². The van der Waals surface area contributed by atoms with Crippen LogP contribution in [-0.4, -0.2) is 53.7 Å². The molecule has 1 aromatic carbocycles. The smallest absolute Gasteiger partial charge is 0.256 e. The SMILES string of the molecule is Cc1oc(C[C@H]2CCCCN2C(=O)c2ccccc2-n2ncnn2)nc1C(C)(C)O. The zero-order valence-electron chi connectivity index (χ0n) is 17.4. The molecule has 0 bridgehead atoms. The van der Waals surface area contributed by atoms with Crippen LogP contribution in [-0.2, 0) is 12.0 Å². The first kappa shape index (κ1) is 20.2. The third-order valence-electron chi connectivity index (χ3n) is 5.42. The summed E-state index contributed by atoms with van der Waals surface area (Å²) in [6, 6.07) is 7.24. The van der Waals surface area contributed by atoms with Crippen LogP contribution in [0, 0.1) is 6.92 Å². The second-order valence-electron chi connectivity index (χ2n) is 8.17. The highest BCUT2D eigenvalue weighted by molar-refractivity contribution is 5.98. The summed E-state index contributed by atoms with van der Waals surface area (Å²) in [6.45, 7) is 5.84. The van der Waals surface area contributed by atoms with Crippen LogP contribution in [0.5, 0.6) is 0 Å². The van der Waals surface area contributed by atoms with Gasteiger partial charge in [-0.3, -0.25) is 4.79 Å². The minimum absolute atomic E-state index is 0.0317. The van der Waals surface area contributed by atoms with E-state index in [1.807, 2.05) is 17.0 Å². The zero-order chi connectivity index (χ0) is 21.3. The number of aliphatic hydroxyl groups is 1. The number of carbonyl (C=O) groups excluding carboxylic acids is 1. The number of hydrogen-bond donors (Lipinski definition) is 1. The highest BCUT2D eigenvalue weighted by Crippen LogP contribution is 2.27. The Morgan fingerprint density at radius 1 is 1.30 bits per heavy atom. The molecule has 9 heteroatoms. The Balaban J connectivity index is 1.60. The molecule has 1 N–H and O–H groups in total. The van der Waals surface area contributed by atoms with Crippen molar-refractivity contribution in [2.45, 2.75) is 58.1 Å². The lowest BCUT2D eigenvalue weighted by Crippen LogP contribution is -2.45. The molecule has 9 nitrogen and oxygen atoms in total. The van der Waals surface area contributed by atoms with E-state index in [4.69, 9.17) is 4.42 Å². The van der Waals surface area contributed by atoms with E-state index in [1.165, 1.54) is 11.1 Å². The van der Waals surface area contributed by atoms with Gasteiger partial charge in [-0.2, -0.15) is 0 Å². The van der Waals surface area contributed by atoms with Crippen molar-refractivity contribution in [1.82, 2.24) is 30.1 Å². The summed E-state index contributed by atoms with van der Waals surface area (Å²) in [7, 11) is 0. The summed E-state index contributed by atoms with van der Waals surface area (Å²) in [5, 5.41) is 22.0. The average molecular weight is 410 g/mol. The molecule has 0 saturated carbocycles. The van der Waals surface area contributed by atoms with Gasteiger partial charge in [-0.05, 0) is 57.4 Å². The molecule has 1 aliphatic heterocycles. The molecule has 0 radical (unpaired) electrons. The molecule has 1 saturated heterocycles.